The van der Waals surface area contributed by atoms with Crippen molar-refractivity contribution in [1.29, 1.82) is 0 Å². The van der Waals surface area contributed by atoms with Gasteiger partial charge in [-0.1, -0.05) is 25.8 Å². The van der Waals surface area contributed by atoms with Crippen LogP contribution in [0.15, 0.2) is 18.2 Å². The van der Waals surface area contributed by atoms with E-state index in [4.69, 9.17) is 0 Å². The molecule has 1 aliphatic carbocycles. The third-order valence-electron chi connectivity index (χ3n) is 3.99. The summed E-state index contributed by atoms with van der Waals surface area (Å²) in [6.07, 6.45) is 4.76. The molecule has 0 aliphatic heterocycles. The van der Waals surface area contributed by atoms with E-state index in [9.17, 15) is 9.18 Å². The number of carbonyl (C=O) groups is 1. The van der Waals surface area contributed by atoms with E-state index in [0.717, 1.165) is 12.8 Å². The van der Waals surface area contributed by atoms with Crippen molar-refractivity contribution in [2.75, 3.05) is 18.9 Å². The highest BCUT2D eigenvalue weighted by atomic mass is 19.1. The Morgan fingerprint density at radius 3 is 2.68 bits per heavy atom. The Morgan fingerprint density at radius 2 is 2.05 bits per heavy atom. The van der Waals surface area contributed by atoms with Crippen molar-refractivity contribution in [3.63, 3.8) is 0 Å². The summed E-state index contributed by atoms with van der Waals surface area (Å²) in [5.41, 5.74) is 0.823. The first kappa shape index (κ1) is 13.8. The topological polar surface area (TPSA) is 41.1 Å². The Hall–Kier alpha value is -1.58. The van der Waals surface area contributed by atoms with Gasteiger partial charge in [0, 0.05) is 13.6 Å². The maximum absolute atomic E-state index is 13.6. The van der Waals surface area contributed by atoms with E-state index < -0.39 is 5.82 Å². The summed E-state index contributed by atoms with van der Waals surface area (Å²) in [7, 11) is 1.62. The molecule has 1 fully saturated rings. The van der Waals surface area contributed by atoms with Crippen molar-refractivity contribution in [2.24, 2.45) is 5.41 Å². The molecule has 0 unspecified atom stereocenters. The molecule has 0 heterocycles. The van der Waals surface area contributed by atoms with Crippen LogP contribution >= 0.6 is 0 Å². The van der Waals surface area contributed by atoms with E-state index in [2.05, 4.69) is 17.6 Å². The fourth-order valence-electron chi connectivity index (χ4n) is 2.76. The Balaban J connectivity index is 2.06. The summed E-state index contributed by atoms with van der Waals surface area (Å²) in [5.74, 6) is -0.612. The third-order valence-corrected chi connectivity index (χ3v) is 3.99. The number of hydrogen-bond donors (Lipinski definition) is 2. The molecule has 1 aromatic carbocycles. The highest BCUT2D eigenvalue weighted by Gasteiger charge is 2.29. The highest BCUT2D eigenvalue weighted by molar-refractivity contribution is 5.99. The van der Waals surface area contributed by atoms with Gasteiger partial charge in [-0.2, -0.15) is 0 Å². The van der Waals surface area contributed by atoms with E-state index in [0.29, 0.717) is 12.1 Å². The van der Waals surface area contributed by atoms with Gasteiger partial charge in [0.05, 0.1) is 11.3 Å². The van der Waals surface area contributed by atoms with Gasteiger partial charge in [-0.05, 0) is 30.4 Å². The summed E-state index contributed by atoms with van der Waals surface area (Å²) in [6, 6.07) is 4.55. The number of nitrogens with one attached hydrogen (secondary N) is 2. The molecule has 0 radical (unpaired) electrons. The second-order valence-corrected chi connectivity index (χ2v) is 5.61. The summed E-state index contributed by atoms with van der Waals surface area (Å²) >= 11 is 0. The minimum absolute atomic E-state index is 0.197. The molecule has 0 spiro atoms. The van der Waals surface area contributed by atoms with Crippen LogP contribution in [0.1, 0.15) is 43.0 Å². The van der Waals surface area contributed by atoms with E-state index in [1.54, 1.807) is 19.2 Å². The maximum atomic E-state index is 13.6. The van der Waals surface area contributed by atoms with Crippen LogP contribution < -0.4 is 10.6 Å². The molecular weight excluding hydrogens is 243 g/mol. The van der Waals surface area contributed by atoms with Gasteiger partial charge in [0.15, 0.2) is 0 Å². The minimum atomic E-state index is -0.401. The monoisotopic (exact) mass is 264 g/mol. The Kier molecular flexibility index (Phi) is 4.08. The molecule has 0 saturated heterocycles. The van der Waals surface area contributed by atoms with E-state index in [1.165, 1.54) is 18.9 Å². The van der Waals surface area contributed by atoms with Crippen molar-refractivity contribution in [3.8, 4) is 0 Å². The van der Waals surface area contributed by atoms with Crippen molar-refractivity contribution in [2.45, 2.75) is 32.6 Å². The van der Waals surface area contributed by atoms with Crippen LogP contribution in [-0.4, -0.2) is 19.5 Å². The van der Waals surface area contributed by atoms with Crippen LogP contribution in [0.3, 0.4) is 0 Å². The first-order chi connectivity index (χ1) is 9.06. The minimum Gasteiger partial charge on any atom is -0.385 e. The SMILES string of the molecule is CNc1c(F)cccc1C(=O)NCC1(C)CCCC1. The van der Waals surface area contributed by atoms with Crippen molar-refractivity contribution in [3.05, 3.63) is 29.6 Å². The molecule has 1 saturated carbocycles. The number of halogens is 1. The van der Waals surface area contributed by atoms with Crippen molar-refractivity contribution < 1.29 is 9.18 Å². The van der Waals surface area contributed by atoms with Gasteiger partial charge >= 0.3 is 0 Å². The molecule has 1 aromatic rings. The van der Waals surface area contributed by atoms with Gasteiger partial charge in [-0.25, -0.2) is 4.39 Å². The normalized spacial score (nSPS) is 17.2. The molecule has 104 valence electrons. The largest absolute Gasteiger partial charge is 0.385 e. The van der Waals surface area contributed by atoms with E-state index in [1.807, 2.05) is 0 Å². The molecule has 0 aromatic heterocycles. The van der Waals surface area contributed by atoms with Crippen molar-refractivity contribution in [1.82, 2.24) is 5.32 Å². The lowest BCUT2D eigenvalue weighted by Gasteiger charge is -2.24. The second-order valence-electron chi connectivity index (χ2n) is 5.61. The first-order valence-corrected chi connectivity index (χ1v) is 6.80. The lowest BCUT2D eigenvalue weighted by atomic mass is 9.89. The molecule has 1 aliphatic rings. The zero-order valence-electron chi connectivity index (χ0n) is 11.6. The van der Waals surface area contributed by atoms with Gasteiger partial charge in [0.1, 0.15) is 5.82 Å². The molecule has 0 bridgehead atoms. The molecule has 0 atom stereocenters. The van der Waals surface area contributed by atoms with Gasteiger partial charge in [0.25, 0.3) is 5.91 Å². The second kappa shape index (κ2) is 5.59. The summed E-state index contributed by atoms with van der Waals surface area (Å²) < 4.78 is 13.6. The number of carbonyl (C=O) groups excluding carboxylic acids is 1. The van der Waals surface area contributed by atoms with E-state index >= 15 is 0 Å². The maximum Gasteiger partial charge on any atom is 0.253 e. The van der Waals surface area contributed by atoms with Crippen LogP contribution in [-0.2, 0) is 0 Å². The van der Waals surface area contributed by atoms with Gasteiger partial charge < -0.3 is 10.6 Å². The average Bonchev–Trinajstić information content (AvgIpc) is 2.83. The Morgan fingerprint density at radius 1 is 1.37 bits per heavy atom. The smallest absolute Gasteiger partial charge is 0.253 e. The van der Waals surface area contributed by atoms with Crippen LogP contribution in [0.2, 0.25) is 0 Å². The standard InChI is InChI=1S/C15H21FN2O/c1-15(8-3-4-9-15)10-18-14(19)11-6-5-7-12(16)13(11)17-2/h5-7,17H,3-4,8-10H2,1-2H3,(H,18,19). The predicted molar refractivity (Wildman–Crippen MR) is 74.9 cm³/mol. The summed E-state index contributed by atoms with van der Waals surface area (Å²) in [6.45, 7) is 2.86. The number of para-hydroxylation sites is 1. The molecular formula is C15H21FN2O. The highest BCUT2D eigenvalue weighted by Crippen LogP contribution is 2.36. The number of amides is 1. The molecule has 4 heteroatoms. The van der Waals surface area contributed by atoms with E-state index in [-0.39, 0.29) is 17.0 Å². The average molecular weight is 264 g/mol. The first-order valence-electron chi connectivity index (χ1n) is 6.80. The molecule has 2 N–H and O–H groups in total. The number of benzene rings is 1. The van der Waals surface area contributed by atoms with Crippen LogP contribution in [0.4, 0.5) is 10.1 Å². The zero-order chi connectivity index (χ0) is 13.9. The molecule has 3 nitrogen and oxygen atoms in total. The van der Waals surface area contributed by atoms with Crippen LogP contribution in [0.5, 0.6) is 0 Å². The van der Waals surface area contributed by atoms with Crippen LogP contribution in [0.25, 0.3) is 0 Å². The molecule has 2 rings (SSSR count). The van der Waals surface area contributed by atoms with Gasteiger partial charge in [-0.15, -0.1) is 0 Å². The van der Waals surface area contributed by atoms with Crippen LogP contribution in [0, 0.1) is 11.2 Å². The molecule has 1 amide bonds. The zero-order valence-corrected chi connectivity index (χ0v) is 11.6. The lowest BCUT2D eigenvalue weighted by Crippen LogP contribution is -2.34. The predicted octanol–water partition coefficient (Wildman–Crippen LogP) is 3.18. The lowest BCUT2D eigenvalue weighted by molar-refractivity contribution is 0.0934. The fourth-order valence-corrected chi connectivity index (χ4v) is 2.76. The number of anilines is 1. The fraction of sp³-hybridized carbons (Fsp3) is 0.533. The van der Waals surface area contributed by atoms with Crippen molar-refractivity contribution >= 4 is 11.6 Å². The number of rotatable bonds is 4. The Labute approximate surface area is 113 Å². The quantitative estimate of drug-likeness (QED) is 0.877. The van der Waals surface area contributed by atoms with Gasteiger partial charge in [-0.3, -0.25) is 4.79 Å². The molecule has 19 heavy (non-hydrogen) atoms. The van der Waals surface area contributed by atoms with Gasteiger partial charge in [0.2, 0.25) is 0 Å². The summed E-state index contributed by atoms with van der Waals surface area (Å²) in [4.78, 5) is 12.2. The third kappa shape index (κ3) is 3.06. The Bertz CT molecular complexity index is 467. The summed E-state index contributed by atoms with van der Waals surface area (Å²) in [5, 5.41) is 5.68. The number of hydrogen-bond acceptors (Lipinski definition) is 2.